The molecule has 1 aromatic heterocycles. The molecular formula is C16H19BrClNOS. The molecule has 0 saturated carbocycles. The molecule has 0 aliphatic heterocycles. The molecular weight excluding hydrogens is 370 g/mol. The van der Waals surface area contributed by atoms with Crippen molar-refractivity contribution in [3.05, 3.63) is 49.6 Å². The van der Waals surface area contributed by atoms with Crippen molar-refractivity contribution in [3.8, 4) is 5.75 Å². The maximum atomic E-state index is 6.18. The van der Waals surface area contributed by atoms with Crippen molar-refractivity contribution in [2.45, 2.75) is 25.8 Å². The summed E-state index contributed by atoms with van der Waals surface area (Å²) in [5.74, 6) is 0.895. The van der Waals surface area contributed by atoms with E-state index in [1.807, 2.05) is 12.1 Å². The molecule has 114 valence electrons. The van der Waals surface area contributed by atoms with Gasteiger partial charge in [-0.15, -0.1) is 11.3 Å². The van der Waals surface area contributed by atoms with Gasteiger partial charge in [-0.2, -0.15) is 0 Å². The second-order valence-electron chi connectivity index (χ2n) is 4.83. The van der Waals surface area contributed by atoms with E-state index < -0.39 is 0 Å². The number of halogens is 2. The topological polar surface area (TPSA) is 21.3 Å². The van der Waals surface area contributed by atoms with Gasteiger partial charge in [0.15, 0.2) is 0 Å². The first-order valence-electron chi connectivity index (χ1n) is 6.95. The molecule has 0 fully saturated rings. The molecule has 2 aromatic rings. The summed E-state index contributed by atoms with van der Waals surface area (Å²) in [5, 5.41) is 3.60. The van der Waals surface area contributed by atoms with Crippen LogP contribution in [0.2, 0.25) is 4.34 Å². The maximum Gasteiger partial charge on any atom is 0.119 e. The number of hydrogen-bond acceptors (Lipinski definition) is 3. The van der Waals surface area contributed by atoms with Crippen molar-refractivity contribution in [1.29, 1.82) is 0 Å². The molecule has 0 bridgehead atoms. The number of benzene rings is 1. The lowest BCUT2D eigenvalue weighted by molar-refractivity contribution is 0.414. The van der Waals surface area contributed by atoms with E-state index in [9.17, 15) is 0 Å². The SMILES string of the molecule is CCCNC(Cc1cccc(OC)c1)c1cc(Br)c(Cl)s1. The number of thiophene rings is 1. The minimum atomic E-state index is 0.269. The number of nitrogens with one attached hydrogen (secondary N) is 1. The lowest BCUT2D eigenvalue weighted by atomic mass is 10.0. The fourth-order valence-corrected chi connectivity index (χ4v) is 3.97. The zero-order valence-corrected chi connectivity index (χ0v) is 15.3. The number of hydrogen-bond donors (Lipinski definition) is 1. The highest BCUT2D eigenvalue weighted by Crippen LogP contribution is 2.36. The van der Waals surface area contributed by atoms with Gasteiger partial charge in [0.25, 0.3) is 0 Å². The predicted molar refractivity (Wildman–Crippen MR) is 94.8 cm³/mol. The third-order valence-corrected chi connectivity index (χ3v) is 5.81. The van der Waals surface area contributed by atoms with Crippen molar-refractivity contribution in [1.82, 2.24) is 5.32 Å². The van der Waals surface area contributed by atoms with Crippen molar-refractivity contribution in [2.75, 3.05) is 13.7 Å². The van der Waals surface area contributed by atoms with Crippen LogP contribution in [0, 0.1) is 0 Å². The lowest BCUT2D eigenvalue weighted by Crippen LogP contribution is -2.23. The molecule has 2 nitrogen and oxygen atoms in total. The van der Waals surface area contributed by atoms with Crippen LogP contribution in [0.25, 0.3) is 0 Å². The van der Waals surface area contributed by atoms with E-state index in [-0.39, 0.29) is 6.04 Å². The van der Waals surface area contributed by atoms with Crippen molar-refractivity contribution in [2.24, 2.45) is 0 Å². The number of rotatable bonds is 7. The minimum Gasteiger partial charge on any atom is -0.497 e. The van der Waals surface area contributed by atoms with Crippen LogP contribution < -0.4 is 10.1 Å². The summed E-state index contributed by atoms with van der Waals surface area (Å²) < 4.78 is 7.08. The van der Waals surface area contributed by atoms with E-state index in [0.29, 0.717) is 0 Å². The van der Waals surface area contributed by atoms with Crippen LogP contribution in [-0.4, -0.2) is 13.7 Å². The highest BCUT2D eigenvalue weighted by atomic mass is 79.9. The molecule has 2 rings (SSSR count). The maximum absolute atomic E-state index is 6.18. The van der Waals surface area contributed by atoms with Gasteiger partial charge in [-0.25, -0.2) is 0 Å². The average Bonchev–Trinajstić information content (AvgIpc) is 2.83. The van der Waals surface area contributed by atoms with E-state index >= 15 is 0 Å². The molecule has 1 N–H and O–H groups in total. The van der Waals surface area contributed by atoms with Gasteiger partial charge < -0.3 is 10.1 Å². The minimum absolute atomic E-state index is 0.269. The summed E-state index contributed by atoms with van der Waals surface area (Å²) in [5.41, 5.74) is 1.25. The Balaban J connectivity index is 2.19. The highest BCUT2D eigenvalue weighted by molar-refractivity contribution is 9.10. The zero-order valence-electron chi connectivity index (χ0n) is 12.2. The van der Waals surface area contributed by atoms with Gasteiger partial charge in [0.2, 0.25) is 0 Å². The molecule has 1 aromatic carbocycles. The Kier molecular flexibility index (Phi) is 6.55. The van der Waals surface area contributed by atoms with E-state index in [1.54, 1.807) is 18.4 Å². The second-order valence-corrected chi connectivity index (χ2v) is 7.37. The van der Waals surface area contributed by atoms with Crippen LogP contribution in [-0.2, 0) is 6.42 Å². The summed E-state index contributed by atoms with van der Waals surface area (Å²) in [4.78, 5) is 1.25. The molecule has 0 amide bonds. The third-order valence-electron chi connectivity index (χ3n) is 3.22. The molecule has 1 unspecified atom stereocenters. The third kappa shape index (κ3) is 4.71. The summed E-state index contributed by atoms with van der Waals surface area (Å²) in [6.07, 6.45) is 2.02. The van der Waals surface area contributed by atoms with Gasteiger partial charge in [0.1, 0.15) is 10.1 Å². The predicted octanol–water partition coefficient (Wildman–Crippen LogP) is 5.46. The van der Waals surface area contributed by atoms with E-state index in [2.05, 4.69) is 46.4 Å². The first kappa shape index (κ1) is 16.8. The molecule has 5 heteroatoms. The van der Waals surface area contributed by atoms with Crippen LogP contribution in [0.4, 0.5) is 0 Å². The molecule has 0 aliphatic carbocycles. The highest BCUT2D eigenvalue weighted by Gasteiger charge is 2.16. The van der Waals surface area contributed by atoms with Crippen LogP contribution in [0.1, 0.15) is 29.8 Å². The Morgan fingerprint density at radius 1 is 1.38 bits per heavy atom. The van der Waals surface area contributed by atoms with E-state index in [4.69, 9.17) is 16.3 Å². The Hall–Kier alpha value is -0.550. The summed E-state index contributed by atoms with van der Waals surface area (Å²) in [7, 11) is 1.70. The van der Waals surface area contributed by atoms with Crippen molar-refractivity contribution >= 4 is 38.9 Å². The normalized spacial score (nSPS) is 12.4. The van der Waals surface area contributed by atoms with Gasteiger partial charge in [0.05, 0.1) is 7.11 Å². The van der Waals surface area contributed by atoms with Crippen LogP contribution in [0.15, 0.2) is 34.8 Å². The fraction of sp³-hybridized carbons (Fsp3) is 0.375. The zero-order chi connectivity index (χ0) is 15.2. The lowest BCUT2D eigenvalue weighted by Gasteiger charge is -2.17. The fourth-order valence-electron chi connectivity index (χ4n) is 2.16. The van der Waals surface area contributed by atoms with Crippen molar-refractivity contribution < 1.29 is 4.74 Å². The summed E-state index contributed by atoms with van der Waals surface area (Å²) in [6.45, 7) is 3.16. The number of methoxy groups -OCH3 is 1. The Labute approximate surface area is 143 Å². The smallest absolute Gasteiger partial charge is 0.119 e. The van der Waals surface area contributed by atoms with Crippen LogP contribution in [0.3, 0.4) is 0 Å². The Bertz CT molecular complexity index is 568. The first-order valence-corrected chi connectivity index (χ1v) is 8.93. The van der Waals surface area contributed by atoms with Crippen molar-refractivity contribution in [3.63, 3.8) is 0 Å². The largest absolute Gasteiger partial charge is 0.497 e. The van der Waals surface area contributed by atoms with Crippen LogP contribution in [0.5, 0.6) is 5.75 Å². The van der Waals surface area contributed by atoms with Crippen LogP contribution >= 0.6 is 38.9 Å². The molecule has 21 heavy (non-hydrogen) atoms. The van der Waals surface area contributed by atoms with Gasteiger partial charge in [-0.3, -0.25) is 0 Å². The Morgan fingerprint density at radius 3 is 2.81 bits per heavy atom. The monoisotopic (exact) mass is 387 g/mol. The second kappa shape index (κ2) is 8.18. The molecule has 1 heterocycles. The van der Waals surface area contributed by atoms with Gasteiger partial charge in [-0.1, -0.05) is 30.7 Å². The number of ether oxygens (including phenoxy) is 1. The van der Waals surface area contributed by atoms with Gasteiger partial charge in [-0.05, 0) is 59.1 Å². The molecule has 1 atom stereocenters. The van der Waals surface area contributed by atoms with Gasteiger partial charge in [0, 0.05) is 15.4 Å². The average molecular weight is 389 g/mol. The molecule has 0 aliphatic rings. The van der Waals surface area contributed by atoms with Gasteiger partial charge >= 0.3 is 0 Å². The first-order chi connectivity index (χ1) is 10.1. The molecule has 0 spiro atoms. The Morgan fingerprint density at radius 2 is 2.19 bits per heavy atom. The summed E-state index contributed by atoms with van der Waals surface area (Å²) >= 11 is 11.3. The summed E-state index contributed by atoms with van der Waals surface area (Å²) in [6, 6.07) is 10.6. The standard InChI is InChI=1S/C16H19BrClNOS/c1-3-7-19-14(15-10-13(17)16(18)21-15)9-11-5-4-6-12(8-11)20-2/h4-6,8,10,14,19H,3,7,9H2,1-2H3. The quantitative estimate of drug-likeness (QED) is 0.680. The van der Waals surface area contributed by atoms with E-state index in [0.717, 1.165) is 33.9 Å². The molecule has 0 radical (unpaired) electrons. The molecule has 0 saturated heterocycles. The van der Waals surface area contributed by atoms with E-state index in [1.165, 1.54) is 10.4 Å².